The zero-order chi connectivity index (χ0) is 70.1. The lowest BCUT2D eigenvalue weighted by atomic mass is 9.78. The number of pyridine rings is 3. The van der Waals surface area contributed by atoms with E-state index in [9.17, 15) is 9.59 Å². The maximum absolute atomic E-state index is 11.3. The first kappa shape index (κ1) is 69.3. The number of hydrogen-bond acceptors (Lipinski definition) is 23. The monoisotopic (exact) mass is 1440 g/mol. The van der Waals surface area contributed by atoms with E-state index < -0.39 is 7.12 Å². The predicted molar refractivity (Wildman–Crippen MR) is 407 cm³/mol. The van der Waals surface area contributed by atoms with E-state index in [4.69, 9.17) is 69.0 Å². The van der Waals surface area contributed by atoms with Crippen molar-refractivity contribution in [3.05, 3.63) is 150 Å². The smallest absolute Gasteiger partial charge is 0.432 e. The second-order valence-corrected chi connectivity index (χ2v) is 26.4. The Balaban J connectivity index is 0.000000114. The molecule has 0 spiro atoms. The van der Waals surface area contributed by atoms with Crippen molar-refractivity contribution in [2.75, 3.05) is 101 Å². The van der Waals surface area contributed by atoms with E-state index >= 15 is 0 Å². The molecule has 530 valence electrons. The largest absolute Gasteiger partial charge is 0.489 e. The third kappa shape index (κ3) is 14.4. The van der Waals surface area contributed by atoms with E-state index in [-0.39, 0.29) is 18.8 Å². The molecule has 3 saturated heterocycles. The summed E-state index contributed by atoms with van der Waals surface area (Å²) < 4.78 is 34.6. The number of fused-ring (bicyclic) bond motifs is 12. The van der Waals surface area contributed by atoms with Gasteiger partial charge in [0, 0.05) is 139 Å². The molecule has 29 heteroatoms. The molecule has 0 amide bonds. The van der Waals surface area contributed by atoms with Crippen LogP contribution in [0.4, 0.5) is 17.5 Å². The summed E-state index contributed by atoms with van der Waals surface area (Å²) in [5, 5.41) is 23.4. The van der Waals surface area contributed by atoms with Crippen LogP contribution in [0.2, 0.25) is 5.28 Å². The number of hydrogen-bond donors (Lipinski definition) is 5. The summed E-state index contributed by atoms with van der Waals surface area (Å²) in [7, 11) is 0.786. The molecule has 15 aromatic rings. The number of ether oxygens (including phenoxy) is 3. The Kier molecular flexibility index (Phi) is 20.3. The van der Waals surface area contributed by atoms with Crippen LogP contribution in [0, 0.1) is 5.92 Å². The standard InChI is InChI=1S/C26H26N6O2.C22H17N5O3.C14H11ClN4O3.C8H8BNO2.C5H10.H2S/c1-31(17-5-6-17)15-16-13-20-22-23(34-26(20)28-14-16)25(32-9-11-33-12-10-32)30-24(29-22)19-3-2-4-21-18(19)7-8-27-21;28-12-13-10-16-18-19(30-22(16)24-11-13)21(27-6-8-29-9-7-27)26-20(25-18)15-2-1-3-17-14(15)4-5-23-17;15-14-17-10-9-5-8(7-20)6-16-13(9)22-11(10)12(18-14)19-1-3-21-4-2-19;11-9(12)7-2-1-3-8-6(7)4-5-10-8;1-2-5-3-4-5;/h2-4,7-8,13-14,17,27H,5-6,9-12,15H2,1H3;1-5,10-12,23H,6-9H2;5-7H,1-4H2;1-5,10-12H;5H,2-4H2,1H3;1H2. The minimum atomic E-state index is -1.40. The number of morpholine rings is 3. The summed E-state index contributed by atoms with van der Waals surface area (Å²) in [5.41, 5.74) is 12.9. The van der Waals surface area contributed by atoms with E-state index in [1.165, 1.54) is 50.1 Å². The minimum absolute atomic E-state index is 0. The van der Waals surface area contributed by atoms with Gasteiger partial charge in [-0.15, -0.1) is 0 Å². The molecule has 5 aliphatic rings. The Hall–Kier alpha value is -10.4. The molecule has 0 bridgehead atoms. The number of anilines is 3. The number of H-pyrrole nitrogens is 3. The average molecular weight is 1440 g/mol. The highest BCUT2D eigenvalue weighted by atomic mass is 35.5. The van der Waals surface area contributed by atoms with Crippen LogP contribution < -0.4 is 20.2 Å². The number of benzene rings is 3. The lowest BCUT2D eigenvalue weighted by molar-refractivity contribution is 0.111. The Labute approximate surface area is 606 Å². The van der Waals surface area contributed by atoms with Gasteiger partial charge in [-0.3, -0.25) is 14.5 Å². The number of furan rings is 3. The maximum atomic E-state index is 11.3. The summed E-state index contributed by atoms with van der Waals surface area (Å²) >= 11 is 6.06. The molecule has 12 aromatic heterocycles. The highest BCUT2D eigenvalue weighted by Gasteiger charge is 2.30. The molecule has 0 atom stereocenters. The van der Waals surface area contributed by atoms with Gasteiger partial charge in [0.05, 0.1) is 55.8 Å². The predicted octanol–water partition coefficient (Wildman–Crippen LogP) is 11.8. The van der Waals surface area contributed by atoms with Crippen LogP contribution in [0.25, 0.3) is 122 Å². The molecule has 0 radical (unpaired) electrons. The molecule has 20 rings (SSSR count). The molecule has 26 nitrogen and oxygen atoms in total. The summed E-state index contributed by atoms with van der Waals surface area (Å²) in [4.78, 5) is 82.1. The first-order valence-corrected chi connectivity index (χ1v) is 35.0. The van der Waals surface area contributed by atoms with Crippen molar-refractivity contribution in [2.24, 2.45) is 5.92 Å². The molecule has 2 aliphatic carbocycles. The van der Waals surface area contributed by atoms with Crippen LogP contribution in [0.1, 0.15) is 65.3 Å². The van der Waals surface area contributed by atoms with Crippen molar-refractivity contribution in [1.82, 2.24) is 64.7 Å². The highest BCUT2D eigenvalue weighted by Crippen LogP contribution is 2.40. The minimum Gasteiger partial charge on any atom is -0.432 e. The molecule has 104 heavy (non-hydrogen) atoms. The van der Waals surface area contributed by atoms with Crippen LogP contribution in [-0.4, -0.2) is 186 Å². The lowest BCUT2D eigenvalue weighted by Crippen LogP contribution is -2.37. The summed E-state index contributed by atoms with van der Waals surface area (Å²) in [6.07, 6.45) is 19.0. The fourth-order valence-corrected chi connectivity index (χ4v) is 13.5. The average Bonchev–Trinajstić information content (AvgIpc) is 1.59. The molecule has 0 unspecified atom stereocenters. The number of carbonyl (C=O) groups is 2. The van der Waals surface area contributed by atoms with Crippen molar-refractivity contribution >= 4 is 167 Å². The van der Waals surface area contributed by atoms with Crippen molar-refractivity contribution in [3.63, 3.8) is 0 Å². The fourth-order valence-electron chi connectivity index (χ4n) is 13.4. The molecular weight excluding hydrogens is 1360 g/mol. The molecule has 2 saturated carbocycles. The van der Waals surface area contributed by atoms with Gasteiger partial charge in [-0.1, -0.05) is 62.6 Å². The Morgan fingerprint density at radius 3 is 1.38 bits per heavy atom. The summed E-state index contributed by atoms with van der Waals surface area (Å²) in [6, 6.07) is 29.8. The quantitative estimate of drug-likeness (QED) is 0.0431. The zero-order valence-electron chi connectivity index (χ0n) is 57.1. The van der Waals surface area contributed by atoms with E-state index in [0.717, 1.165) is 104 Å². The third-order valence-corrected chi connectivity index (χ3v) is 19.4. The number of halogens is 1. The van der Waals surface area contributed by atoms with Crippen LogP contribution >= 0.6 is 25.1 Å². The normalized spacial score (nSPS) is 15.4. The van der Waals surface area contributed by atoms with Crippen LogP contribution in [0.3, 0.4) is 0 Å². The van der Waals surface area contributed by atoms with Gasteiger partial charge in [-0.2, -0.15) is 18.5 Å². The topological polar surface area (TPSA) is 318 Å². The number of aldehydes is 2. The van der Waals surface area contributed by atoms with Crippen LogP contribution in [0.5, 0.6) is 0 Å². The molecule has 5 N–H and O–H groups in total. The molecule has 3 aromatic carbocycles. The Morgan fingerprint density at radius 1 is 0.529 bits per heavy atom. The summed E-state index contributed by atoms with van der Waals surface area (Å²) in [6.45, 7) is 11.3. The van der Waals surface area contributed by atoms with Gasteiger partial charge in [-0.25, -0.2) is 39.9 Å². The second kappa shape index (κ2) is 30.5. The van der Waals surface area contributed by atoms with Gasteiger partial charge < -0.3 is 67.2 Å². The van der Waals surface area contributed by atoms with Crippen molar-refractivity contribution in [1.29, 1.82) is 0 Å². The van der Waals surface area contributed by atoms with E-state index in [2.05, 4.69) is 92.8 Å². The van der Waals surface area contributed by atoms with E-state index in [1.54, 1.807) is 30.5 Å². The Morgan fingerprint density at radius 2 is 0.952 bits per heavy atom. The van der Waals surface area contributed by atoms with Crippen molar-refractivity contribution < 1.29 is 47.1 Å². The van der Waals surface area contributed by atoms with Gasteiger partial charge in [0.15, 0.2) is 58.4 Å². The van der Waals surface area contributed by atoms with Crippen LogP contribution in [-0.2, 0) is 20.8 Å². The number of aromatic nitrogens is 12. The first-order chi connectivity index (χ1) is 50.5. The molecular formula is C75H74BClN16O10S. The van der Waals surface area contributed by atoms with Gasteiger partial charge in [0.25, 0.3) is 0 Å². The van der Waals surface area contributed by atoms with Gasteiger partial charge >= 0.3 is 7.12 Å². The third-order valence-electron chi connectivity index (χ3n) is 19.2. The van der Waals surface area contributed by atoms with E-state index in [1.807, 2.05) is 66.0 Å². The fraction of sp³-hybridized carbons (Fsp3) is 0.293. The SMILES string of the molecule is CCC1CC1.CN(Cc1cnc2oc3c(N4CCOCC4)nc(-c4cccc5[nH]ccc45)nc3c2c1)C1CC1.O=Cc1cnc2oc3c(N4CCOCC4)nc(-c4cccc5[nH]ccc45)nc3c2c1.O=Cc1cnc2oc3c(N4CCOCC4)nc(Cl)nc3c2c1.OB(O)c1cccc2[nH]ccc12.S. The van der Waals surface area contributed by atoms with Gasteiger partial charge in [0.2, 0.25) is 22.4 Å². The molecule has 15 heterocycles. The number of aromatic amines is 3. The lowest BCUT2D eigenvalue weighted by Gasteiger charge is -2.27. The van der Waals surface area contributed by atoms with E-state index in [0.29, 0.717) is 162 Å². The second-order valence-electron chi connectivity index (χ2n) is 26.0. The Bertz CT molecular complexity index is 5600. The summed E-state index contributed by atoms with van der Waals surface area (Å²) in [5.74, 6) is 4.59. The number of nitrogens with one attached hydrogen (secondary N) is 3. The zero-order valence-corrected chi connectivity index (χ0v) is 58.8. The highest BCUT2D eigenvalue weighted by molar-refractivity contribution is 7.59. The molecule has 5 fully saturated rings. The number of nitrogens with zero attached hydrogens (tertiary/aromatic N) is 13. The van der Waals surface area contributed by atoms with Crippen molar-refractivity contribution in [2.45, 2.75) is 51.6 Å². The maximum Gasteiger partial charge on any atom is 0.489 e. The first-order valence-electron chi connectivity index (χ1n) is 34.6. The van der Waals surface area contributed by atoms with Crippen LogP contribution in [0.15, 0.2) is 141 Å². The van der Waals surface area contributed by atoms with Gasteiger partial charge in [0.1, 0.15) is 16.6 Å². The number of rotatable bonds is 12. The van der Waals surface area contributed by atoms with Crippen molar-refractivity contribution in [3.8, 4) is 22.8 Å². The number of carbonyl (C=O) groups excluding carboxylic acids is 2. The molecule has 3 aliphatic heterocycles. The van der Waals surface area contributed by atoms with Gasteiger partial charge in [-0.05, 0) is 108 Å².